The van der Waals surface area contributed by atoms with Crippen molar-refractivity contribution in [1.82, 2.24) is 5.43 Å². The van der Waals surface area contributed by atoms with Gasteiger partial charge in [0.25, 0.3) is 0 Å². The van der Waals surface area contributed by atoms with Crippen LogP contribution in [0.2, 0.25) is 0 Å². The number of aromatic carboxylic acids is 1. The highest BCUT2D eigenvalue weighted by atomic mass is 79.9. The maximum absolute atomic E-state index is 13.7. The number of rotatable bonds is 10. The summed E-state index contributed by atoms with van der Waals surface area (Å²) in [5.74, 6) is -0.373. The van der Waals surface area contributed by atoms with Crippen LogP contribution in [0.15, 0.2) is 83.3 Å². The third-order valence-corrected chi connectivity index (χ3v) is 8.61. The standard InChI is InChI=1S/C35H36BrN3O5.ClH/c1-23-8-7-9-31(38-18-5-4-6-19-38)34(23)39(27-14-10-24(11-15-27)25-12-16-28(43-2)17-13-25)37-33(40)21-26-20-32(44-3)29(35(41)42)22-30(26)36;/h7-17,20,22H,4-6,18-19,21H2,1-3H3,(H,37,40)(H,41,42);1H. The van der Waals surface area contributed by atoms with Crippen LogP contribution in [-0.4, -0.2) is 44.3 Å². The Morgan fingerprint density at radius 1 is 0.911 bits per heavy atom. The van der Waals surface area contributed by atoms with Crippen LogP contribution in [-0.2, 0) is 11.2 Å². The van der Waals surface area contributed by atoms with Gasteiger partial charge in [0.1, 0.15) is 17.1 Å². The number of ether oxygens (including phenoxy) is 2. The van der Waals surface area contributed by atoms with E-state index in [4.69, 9.17) is 9.47 Å². The number of carboxylic acid groups (broad SMARTS) is 1. The molecule has 0 aromatic heterocycles. The zero-order chi connectivity index (χ0) is 31.2. The Bertz CT molecular complexity index is 1640. The molecule has 0 aliphatic carbocycles. The van der Waals surface area contributed by atoms with Gasteiger partial charge in [-0.3, -0.25) is 15.2 Å². The number of amides is 1. The van der Waals surface area contributed by atoms with Crippen molar-refractivity contribution in [2.75, 3.05) is 37.2 Å². The molecule has 1 fully saturated rings. The van der Waals surface area contributed by atoms with Gasteiger partial charge in [-0.2, -0.15) is 0 Å². The molecule has 0 unspecified atom stereocenters. The van der Waals surface area contributed by atoms with Crippen LogP contribution >= 0.6 is 28.3 Å². The predicted octanol–water partition coefficient (Wildman–Crippen LogP) is 7.96. The first-order chi connectivity index (χ1) is 21.3. The fourth-order valence-electron chi connectivity index (χ4n) is 5.56. The van der Waals surface area contributed by atoms with E-state index in [1.54, 1.807) is 13.2 Å². The minimum Gasteiger partial charge on any atom is -0.497 e. The van der Waals surface area contributed by atoms with Crippen LogP contribution in [0.25, 0.3) is 11.1 Å². The van der Waals surface area contributed by atoms with E-state index in [1.165, 1.54) is 19.6 Å². The predicted molar refractivity (Wildman–Crippen MR) is 185 cm³/mol. The number of piperidine rings is 1. The summed E-state index contributed by atoms with van der Waals surface area (Å²) in [5, 5.41) is 11.4. The van der Waals surface area contributed by atoms with Gasteiger partial charge in [-0.25, -0.2) is 4.79 Å². The second-order valence-electron chi connectivity index (χ2n) is 10.8. The summed E-state index contributed by atoms with van der Waals surface area (Å²) in [6.07, 6.45) is 3.46. The van der Waals surface area contributed by atoms with Crippen molar-refractivity contribution in [2.24, 2.45) is 0 Å². The number of carbonyl (C=O) groups excluding carboxylic acids is 1. The van der Waals surface area contributed by atoms with Gasteiger partial charge in [-0.15, -0.1) is 12.4 Å². The second-order valence-corrected chi connectivity index (χ2v) is 11.6. The molecule has 45 heavy (non-hydrogen) atoms. The number of methoxy groups -OCH3 is 2. The molecule has 0 spiro atoms. The molecule has 1 heterocycles. The van der Waals surface area contributed by atoms with E-state index < -0.39 is 5.97 Å². The van der Waals surface area contributed by atoms with E-state index in [9.17, 15) is 14.7 Å². The average Bonchev–Trinajstić information content (AvgIpc) is 3.05. The van der Waals surface area contributed by atoms with Gasteiger partial charge >= 0.3 is 5.97 Å². The molecule has 5 rings (SSSR count). The van der Waals surface area contributed by atoms with Gasteiger partial charge < -0.3 is 19.5 Å². The molecule has 1 saturated heterocycles. The third-order valence-electron chi connectivity index (χ3n) is 7.87. The number of carbonyl (C=O) groups is 2. The normalized spacial score (nSPS) is 12.6. The number of carboxylic acids is 1. The smallest absolute Gasteiger partial charge is 0.339 e. The Labute approximate surface area is 278 Å². The highest BCUT2D eigenvalue weighted by molar-refractivity contribution is 9.10. The fourth-order valence-corrected chi connectivity index (χ4v) is 6.05. The monoisotopic (exact) mass is 693 g/mol. The zero-order valence-corrected chi connectivity index (χ0v) is 27.9. The van der Waals surface area contributed by atoms with Gasteiger partial charge in [0.05, 0.1) is 37.7 Å². The third kappa shape index (κ3) is 7.72. The maximum Gasteiger partial charge on any atom is 0.339 e. The minimum atomic E-state index is -1.10. The number of benzene rings is 4. The molecular formula is C35H37BrClN3O5. The van der Waals surface area contributed by atoms with Crippen molar-refractivity contribution in [3.63, 3.8) is 0 Å². The molecule has 0 atom stereocenters. The van der Waals surface area contributed by atoms with E-state index in [0.29, 0.717) is 10.0 Å². The van der Waals surface area contributed by atoms with Gasteiger partial charge in [0.15, 0.2) is 0 Å². The number of aryl methyl sites for hydroxylation is 1. The summed E-state index contributed by atoms with van der Waals surface area (Å²) in [4.78, 5) is 27.8. The van der Waals surface area contributed by atoms with Crippen LogP contribution in [0, 0.1) is 6.92 Å². The highest BCUT2D eigenvalue weighted by Gasteiger charge is 2.24. The molecule has 8 nitrogen and oxygen atoms in total. The molecule has 0 radical (unpaired) electrons. The molecule has 10 heteroatoms. The van der Waals surface area contributed by atoms with E-state index in [-0.39, 0.29) is 36.0 Å². The van der Waals surface area contributed by atoms with Crippen molar-refractivity contribution in [1.29, 1.82) is 0 Å². The topological polar surface area (TPSA) is 91.3 Å². The number of nitrogens with one attached hydrogen (secondary N) is 1. The first-order valence-corrected chi connectivity index (χ1v) is 15.4. The molecule has 4 aromatic carbocycles. The molecule has 0 bridgehead atoms. The lowest BCUT2D eigenvalue weighted by molar-refractivity contribution is -0.120. The summed E-state index contributed by atoms with van der Waals surface area (Å²) >= 11 is 3.45. The van der Waals surface area contributed by atoms with Crippen molar-refractivity contribution < 1.29 is 24.2 Å². The molecule has 0 saturated carbocycles. The molecular weight excluding hydrogens is 658 g/mol. The lowest BCUT2D eigenvalue weighted by Gasteiger charge is -2.35. The first kappa shape index (κ1) is 33.7. The highest BCUT2D eigenvalue weighted by Crippen LogP contribution is 2.38. The number of anilines is 3. The minimum absolute atomic E-state index is 0. The van der Waals surface area contributed by atoms with E-state index >= 15 is 0 Å². The Kier molecular flexibility index (Phi) is 11.4. The molecule has 2 N–H and O–H groups in total. The lowest BCUT2D eigenvalue weighted by atomic mass is 10.0. The molecule has 236 valence electrons. The zero-order valence-electron chi connectivity index (χ0n) is 25.5. The number of hydrogen-bond acceptors (Lipinski definition) is 6. The molecule has 1 aliphatic rings. The van der Waals surface area contributed by atoms with Crippen LogP contribution in [0.1, 0.15) is 40.7 Å². The average molecular weight is 695 g/mol. The Balaban J connectivity index is 0.00000461. The van der Waals surface area contributed by atoms with Gasteiger partial charge in [-0.1, -0.05) is 52.3 Å². The maximum atomic E-state index is 13.7. The number of hydrazine groups is 1. The number of hydrogen-bond donors (Lipinski definition) is 2. The number of halogens is 2. The van der Waals surface area contributed by atoms with Crippen molar-refractivity contribution in [3.8, 4) is 22.6 Å². The number of nitrogens with zero attached hydrogens (tertiary/aromatic N) is 2. The Hall–Kier alpha value is -4.21. The van der Waals surface area contributed by atoms with Gasteiger partial charge in [0, 0.05) is 17.6 Å². The van der Waals surface area contributed by atoms with E-state index in [1.807, 2.05) is 53.5 Å². The lowest BCUT2D eigenvalue weighted by Crippen LogP contribution is -2.41. The van der Waals surface area contributed by atoms with Crippen molar-refractivity contribution in [2.45, 2.75) is 32.6 Å². The summed E-state index contributed by atoms with van der Waals surface area (Å²) in [7, 11) is 3.06. The molecule has 1 aliphatic heterocycles. The van der Waals surface area contributed by atoms with Crippen molar-refractivity contribution >= 4 is 57.3 Å². The molecule has 1 amide bonds. The van der Waals surface area contributed by atoms with Crippen molar-refractivity contribution in [3.05, 3.63) is 100 Å². The molecule has 4 aromatic rings. The fraction of sp³-hybridized carbons (Fsp3) is 0.257. The Morgan fingerprint density at radius 3 is 2.16 bits per heavy atom. The van der Waals surface area contributed by atoms with Crippen LogP contribution in [0.5, 0.6) is 11.5 Å². The van der Waals surface area contributed by atoms with Crippen LogP contribution < -0.4 is 24.8 Å². The van der Waals surface area contributed by atoms with Crippen LogP contribution in [0.3, 0.4) is 0 Å². The second kappa shape index (κ2) is 15.2. The van der Waals surface area contributed by atoms with Gasteiger partial charge in [-0.05, 0) is 90.9 Å². The summed E-state index contributed by atoms with van der Waals surface area (Å²) in [6, 6.07) is 25.3. The van der Waals surface area contributed by atoms with Gasteiger partial charge in [0.2, 0.25) is 5.91 Å². The first-order valence-electron chi connectivity index (χ1n) is 14.6. The van der Waals surface area contributed by atoms with E-state index in [0.717, 1.165) is 65.4 Å². The Morgan fingerprint density at radius 2 is 1.56 bits per heavy atom. The van der Waals surface area contributed by atoms with E-state index in [2.05, 4.69) is 51.4 Å². The quantitative estimate of drug-likeness (QED) is 0.163. The number of para-hydroxylation sites is 1. The summed E-state index contributed by atoms with van der Waals surface area (Å²) < 4.78 is 11.1. The van der Waals surface area contributed by atoms with Crippen LogP contribution in [0.4, 0.5) is 17.1 Å². The largest absolute Gasteiger partial charge is 0.497 e. The summed E-state index contributed by atoms with van der Waals surface area (Å²) in [5.41, 5.74) is 9.72. The SMILES string of the molecule is COc1ccc(-c2ccc(N(NC(=O)Cc3cc(OC)c(C(=O)O)cc3Br)c3c(C)cccc3N3CCCCC3)cc2)cc1.Cl. The summed E-state index contributed by atoms with van der Waals surface area (Å²) in [6.45, 7) is 3.97.